The second-order valence-electron chi connectivity index (χ2n) is 5.77. The van der Waals surface area contributed by atoms with E-state index in [4.69, 9.17) is 0 Å². The summed E-state index contributed by atoms with van der Waals surface area (Å²) in [5.41, 5.74) is 2.17. The molecule has 2 heterocycles. The van der Waals surface area contributed by atoms with Crippen LogP contribution in [0.1, 0.15) is 45.8 Å². The molecule has 1 aromatic carbocycles. The Kier molecular flexibility index (Phi) is 4.51. The first kappa shape index (κ1) is 16.7. The van der Waals surface area contributed by atoms with Crippen LogP contribution in [-0.2, 0) is 13.1 Å². The van der Waals surface area contributed by atoms with E-state index in [1.807, 2.05) is 6.92 Å². The SMILES string of the molecule is CCNC(=O)N1Cc2n[nH]c(NC(=O)c3ccccc3C(C)=O)c2C1. The number of benzene rings is 1. The van der Waals surface area contributed by atoms with E-state index >= 15 is 0 Å². The van der Waals surface area contributed by atoms with Gasteiger partial charge >= 0.3 is 6.03 Å². The Morgan fingerprint density at radius 2 is 1.92 bits per heavy atom. The summed E-state index contributed by atoms with van der Waals surface area (Å²) < 4.78 is 0. The van der Waals surface area contributed by atoms with Crippen molar-refractivity contribution in [2.75, 3.05) is 11.9 Å². The van der Waals surface area contributed by atoms with Crippen molar-refractivity contribution in [1.29, 1.82) is 0 Å². The molecule has 0 radical (unpaired) electrons. The second kappa shape index (κ2) is 6.76. The van der Waals surface area contributed by atoms with Crippen molar-refractivity contribution in [2.45, 2.75) is 26.9 Å². The van der Waals surface area contributed by atoms with Gasteiger partial charge in [-0.2, -0.15) is 5.10 Å². The van der Waals surface area contributed by atoms with Gasteiger partial charge in [-0.3, -0.25) is 14.7 Å². The van der Waals surface area contributed by atoms with Gasteiger partial charge in [0, 0.05) is 17.7 Å². The summed E-state index contributed by atoms with van der Waals surface area (Å²) in [4.78, 5) is 37.8. The summed E-state index contributed by atoms with van der Waals surface area (Å²) in [5, 5.41) is 12.5. The van der Waals surface area contributed by atoms with Gasteiger partial charge in [-0.1, -0.05) is 18.2 Å². The van der Waals surface area contributed by atoms with E-state index in [2.05, 4.69) is 20.8 Å². The van der Waals surface area contributed by atoms with Crippen molar-refractivity contribution in [1.82, 2.24) is 20.4 Å². The van der Waals surface area contributed by atoms with E-state index in [0.29, 0.717) is 36.6 Å². The van der Waals surface area contributed by atoms with Crippen LogP contribution in [-0.4, -0.2) is 39.4 Å². The number of fused-ring (bicyclic) bond motifs is 1. The highest BCUT2D eigenvalue weighted by Crippen LogP contribution is 2.27. The molecular formula is C17H19N5O3. The monoisotopic (exact) mass is 341 g/mol. The lowest BCUT2D eigenvalue weighted by Crippen LogP contribution is -2.36. The highest BCUT2D eigenvalue weighted by atomic mass is 16.2. The summed E-state index contributed by atoms with van der Waals surface area (Å²) in [6.45, 7) is 4.57. The highest BCUT2D eigenvalue weighted by molar-refractivity contribution is 6.12. The van der Waals surface area contributed by atoms with E-state index in [0.717, 1.165) is 11.3 Å². The van der Waals surface area contributed by atoms with Crippen molar-refractivity contribution < 1.29 is 14.4 Å². The smallest absolute Gasteiger partial charge is 0.318 e. The molecule has 25 heavy (non-hydrogen) atoms. The van der Waals surface area contributed by atoms with Crippen LogP contribution >= 0.6 is 0 Å². The van der Waals surface area contributed by atoms with Gasteiger partial charge in [0.1, 0.15) is 5.82 Å². The zero-order valence-electron chi connectivity index (χ0n) is 14.0. The summed E-state index contributed by atoms with van der Waals surface area (Å²) in [6.07, 6.45) is 0. The fourth-order valence-corrected chi connectivity index (χ4v) is 2.81. The van der Waals surface area contributed by atoms with Gasteiger partial charge < -0.3 is 15.5 Å². The Bertz CT molecular complexity index is 843. The quantitative estimate of drug-likeness (QED) is 0.738. The average molecular weight is 341 g/mol. The summed E-state index contributed by atoms with van der Waals surface area (Å²) in [5.74, 6) is -0.123. The third-order valence-corrected chi connectivity index (χ3v) is 4.05. The first-order valence-electron chi connectivity index (χ1n) is 8.01. The molecule has 1 aliphatic heterocycles. The lowest BCUT2D eigenvalue weighted by Gasteiger charge is -2.16. The van der Waals surface area contributed by atoms with E-state index < -0.39 is 5.91 Å². The van der Waals surface area contributed by atoms with Crippen LogP contribution in [0.25, 0.3) is 0 Å². The second-order valence-corrected chi connectivity index (χ2v) is 5.77. The maximum absolute atomic E-state index is 12.6. The lowest BCUT2D eigenvalue weighted by atomic mass is 10.0. The molecule has 3 rings (SSSR count). The number of nitrogens with zero attached hydrogens (tertiary/aromatic N) is 2. The van der Waals surface area contributed by atoms with E-state index in [1.165, 1.54) is 6.92 Å². The Hall–Kier alpha value is -3.16. The molecule has 3 N–H and O–H groups in total. The van der Waals surface area contributed by atoms with Crippen molar-refractivity contribution >= 4 is 23.5 Å². The van der Waals surface area contributed by atoms with Crippen LogP contribution in [0.3, 0.4) is 0 Å². The number of nitrogens with one attached hydrogen (secondary N) is 3. The van der Waals surface area contributed by atoms with Gasteiger partial charge in [-0.15, -0.1) is 0 Å². The topological polar surface area (TPSA) is 107 Å². The van der Waals surface area contributed by atoms with Crippen LogP contribution in [0, 0.1) is 0 Å². The Morgan fingerprint density at radius 3 is 2.60 bits per heavy atom. The number of amides is 3. The molecule has 0 saturated heterocycles. The van der Waals surface area contributed by atoms with Crippen LogP contribution in [0.5, 0.6) is 0 Å². The number of ketones is 1. The lowest BCUT2D eigenvalue weighted by molar-refractivity contribution is 0.0985. The van der Waals surface area contributed by atoms with Gasteiger partial charge in [0.25, 0.3) is 5.91 Å². The zero-order chi connectivity index (χ0) is 18.0. The summed E-state index contributed by atoms with van der Waals surface area (Å²) in [6, 6.07) is 6.47. The van der Waals surface area contributed by atoms with Crippen LogP contribution in [0.2, 0.25) is 0 Å². The first-order chi connectivity index (χ1) is 12.0. The molecule has 8 nitrogen and oxygen atoms in total. The highest BCUT2D eigenvalue weighted by Gasteiger charge is 2.29. The molecule has 0 spiro atoms. The third kappa shape index (κ3) is 3.23. The summed E-state index contributed by atoms with van der Waals surface area (Å²) in [7, 11) is 0. The summed E-state index contributed by atoms with van der Waals surface area (Å²) >= 11 is 0. The average Bonchev–Trinajstić information content (AvgIpc) is 3.17. The predicted octanol–water partition coefficient (Wildman–Crippen LogP) is 1.91. The molecule has 8 heteroatoms. The maximum Gasteiger partial charge on any atom is 0.318 e. The molecule has 0 saturated carbocycles. The number of hydrogen-bond acceptors (Lipinski definition) is 4. The molecule has 2 aromatic rings. The molecule has 3 amide bonds. The van der Waals surface area contributed by atoms with Crippen molar-refractivity contribution in [3.63, 3.8) is 0 Å². The van der Waals surface area contributed by atoms with Crippen LogP contribution < -0.4 is 10.6 Å². The van der Waals surface area contributed by atoms with Gasteiger partial charge in [-0.25, -0.2) is 4.79 Å². The number of H-pyrrole nitrogens is 1. The minimum Gasteiger partial charge on any atom is -0.338 e. The Morgan fingerprint density at radius 1 is 1.20 bits per heavy atom. The molecule has 0 bridgehead atoms. The number of hydrogen-bond donors (Lipinski definition) is 3. The minimum atomic E-state index is -0.395. The fraction of sp³-hybridized carbons (Fsp3) is 0.294. The van der Waals surface area contributed by atoms with E-state index in [1.54, 1.807) is 29.2 Å². The minimum absolute atomic E-state index is 0.167. The Balaban J connectivity index is 1.78. The molecule has 0 fully saturated rings. The molecule has 0 atom stereocenters. The standard InChI is InChI=1S/C17H19N5O3/c1-3-18-17(25)22-8-13-14(9-22)20-21-15(13)19-16(24)12-7-5-4-6-11(12)10(2)23/h4-7H,3,8-9H2,1-2H3,(H,18,25)(H2,19,20,21,24). The number of aromatic amines is 1. The molecule has 1 aliphatic rings. The molecule has 0 aliphatic carbocycles. The number of rotatable bonds is 4. The van der Waals surface area contributed by atoms with Gasteiger partial charge in [0.2, 0.25) is 0 Å². The largest absolute Gasteiger partial charge is 0.338 e. The molecule has 130 valence electrons. The molecule has 0 unspecified atom stereocenters. The molecular weight excluding hydrogens is 322 g/mol. The third-order valence-electron chi connectivity index (χ3n) is 4.05. The van der Waals surface area contributed by atoms with Crippen LogP contribution in [0.4, 0.5) is 10.6 Å². The first-order valence-corrected chi connectivity index (χ1v) is 8.01. The van der Waals surface area contributed by atoms with Crippen molar-refractivity contribution in [3.05, 3.63) is 46.6 Å². The number of carbonyl (C=O) groups is 3. The maximum atomic E-state index is 12.6. The Labute approximate surface area is 144 Å². The number of Topliss-reactive ketones (excluding diaryl/α,β-unsaturated/α-hetero) is 1. The van der Waals surface area contributed by atoms with Crippen molar-refractivity contribution in [2.24, 2.45) is 0 Å². The van der Waals surface area contributed by atoms with E-state index in [-0.39, 0.29) is 11.8 Å². The van der Waals surface area contributed by atoms with Gasteiger partial charge in [0.05, 0.1) is 24.3 Å². The van der Waals surface area contributed by atoms with Gasteiger partial charge in [0.15, 0.2) is 5.78 Å². The predicted molar refractivity (Wildman–Crippen MR) is 91.3 cm³/mol. The normalized spacial score (nSPS) is 12.6. The number of aromatic nitrogens is 2. The number of anilines is 1. The van der Waals surface area contributed by atoms with Gasteiger partial charge in [-0.05, 0) is 19.9 Å². The van der Waals surface area contributed by atoms with Crippen LogP contribution in [0.15, 0.2) is 24.3 Å². The van der Waals surface area contributed by atoms with E-state index in [9.17, 15) is 14.4 Å². The number of urea groups is 1. The zero-order valence-corrected chi connectivity index (χ0v) is 14.0. The fourth-order valence-electron chi connectivity index (χ4n) is 2.81. The number of carbonyl (C=O) groups excluding carboxylic acids is 3. The molecule has 1 aromatic heterocycles. The van der Waals surface area contributed by atoms with Crippen molar-refractivity contribution in [3.8, 4) is 0 Å².